The predicted molar refractivity (Wildman–Crippen MR) is 69.0 cm³/mol. The van der Waals surface area contributed by atoms with Gasteiger partial charge in [0.2, 0.25) is 0 Å². The second-order valence-corrected chi connectivity index (χ2v) is 5.11. The van der Waals surface area contributed by atoms with Crippen LogP contribution in [0.4, 0.5) is 0 Å². The molecule has 0 heterocycles. The number of carboxylic acid groups (broad SMARTS) is 2. The molecule has 0 aromatic carbocycles. The molecule has 0 fully saturated rings. The summed E-state index contributed by atoms with van der Waals surface area (Å²) in [5.74, 6) is -4.60. The van der Waals surface area contributed by atoms with Crippen LogP contribution < -0.4 is 5.73 Å². The van der Waals surface area contributed by atoms with Gasteiger partial charge in [-0.15, -0.1) is 0 Å². The zero-order valence-electron chi connectivity index (χ0n) is 12.0. The first-order valence-corrected chi connectivity index (χ1v) is 5.58. The van der Waals surface area contributed by atoms with Crippen molar-refractivity contribution < 1.29 is 34.4 Å². The third-order valence-electron chi connectivity index (χ3n) is 2.27. The molecule has 1 atom stereocenters. The Morgan fingerprint density at radius 2 is 1.55 bits per heavy atom. The molecule has 0 rings (SSSR count). The van der Waals surface area contributed by atoms with E-state index >= 15 is 0 Å². The molecular formula is C11H19LiNO7. The molecule has 0 saturated carbocycles. The molecule has 5 N–H and O–H groups in total. The number of hydrogen-bond acceptors (Lipinski definition) is 6. The molecule has 9 heteroatoms. The largest absolute Gasteiger partial charge is 0.479 e. The minimum Gasteiger partial charge on any atom is -0.479 e. The molecule has 8 nitrogen and oxygen atoms in total. The molecular weight excluding hydrogens is 265 g/mol. The summed E-state index contributed by atoms with van der Waals surface area (Å²) >= 11 is 0. The van der Waals surface area contributed by atoms with Gasteiger partial charge in [-0.2, -0.15) is 0 Å². The number of aliphatic hydroxyl groups is 1. The maximum Gasteiger partial charge on any atom is 0.349 e. The number of carboxylic acids is 2. The monoisotopic (exact) mass is 284 g/mol. The third-order valence-corrected chi connectivity index (χ3v) is 2.27. The van der Waals surface area contributed by atoms with E-state index in [1.54, 1.807) is 20.8 Å². The van der Waals surface area contributed by atoms with Gasteiger partial charge in [-0.25, -0.2) is 9.59 Å². The molecule has 1 radical (unpaired) electrons. The summed E-state index contributed by atoms with van der Waals surface area (Å²) < 4.78 is 4.95. The van der Waals surface area contributed by atoms with E-state index < -0.39 is 35.2 Å². The number of rotatable bonds is 6. The van der Waals surface area contributed by atoms with Gasteiger partial charge in [0, 0.05) is 25.3 Å². The van der Waals surface area contributed by atoms with Crippen LogP contribution in [0.3, 0.4) is 0 Å². The second-order valence-electron chi connectivity index (χ2n) is 5.11. The van der Waals surface area contributed by atoms with Crippen molar-refractivity contribution in [3.05, 3.63) is 0 Å². The Morgan fingerprint density at radius 1 is 1.15 bits per heavy atom. The molecule has 20 heavy (non-hydrogen) atoms. The smallest absolute Gasteiger partial charge is 0.349 e. The fourth-order valence-electron chi connectivity index (χ4n) is 1.28. The Balaban J connectivity index is 0. The van der Waals surface area contributed by atoms with Crippen molar-refractivity contribution >= 4 is 36.8 Å². The molecule has 0 saturated heterocycles. The fraction of sp³-hybridized carbons (Fsp3) is 0.727. The molecule has 0 spiro atoms. The number of nitrogens with two attached hydrogens (primary N) is 1. The summed E-state index contributed by atoms with van der Waals surface area (Å²) in [7, 11) is 0. The fourth-order valence-corrected chi connectivity index (χ4v) is 1.28. The second kappa shape index (κ2) is 7.64. The average Bonchev–Trinajstić information content (AvgIpc) is 2.21. The number of esters is 1. The van der Waals surface area contributed by atoms with Gasteiger partial charge >= 0.3 is 17.9 Å². The van der Waals surface area contributed by atoms with E-state index in [9.17, 15) is 19.5 Å². The average molecular weight is 284 g/mol. The molecule has 0 amide bonds. The maximum atomic E-state index is 11.4. The Morgan fingerprint density at radius 3 is 1.85 bits per heavy atom. The maximum absolute atomic E-state index is 11.4. The zero-order chi connectivity index (χ0) is 15.4. The van der Waals surface area contributed by atoms with Gasteiger partial charge in [0.15, 0.2) is 0 Å². The van der Waals surface area contributed by atoms with Crippen LogP contribution in [0.5, 0.6) is 0 Å². The third kappa shape index (κ3) is 5.92. The minimum absolute atomic E-state index is 0. The molecule has 1 unspecified atom stereocenters. The number of carbonyl (C=O) groups excluding carboxylic acids is 1. The van der Waals surface area contributed by atoms with E-state index in [1.807, 2.05) is 0 Å². The van der Waals surface area contributed by atoms with Crippen molar-refractivity contribution in [1.82, 2.24) is 0 Å². The molecule has 0 aliphatic rings. The SMILES string of the molecule is CC(C)(C)OC(=O)CCC(N)C(O)(C(=O)O)C(=O)O.[Li]. The van der Waals surface area contributed by atoms with Crippen molar-refractivity contribution in [1.29, 1.82) is 0 Å². The van der Waals surface area contributed by atoms with Gasteiger partial charge in [-0.3, -0.25) is 4.79 Å². The summed E-state index contributed by atoms with van der Waals surface area (Å²) in [4.78, 5) is 32.9. The van der Waals surface area contributed by atoms with Crippen LogP contribution in [-0.2, 0) is 19.1 Å². The quantitative estimate of drug-likeness (QED) is 0.274. The molecule has 0 aliphatic carbocycles. The van der Waals surface area contributed by atoms with Gasteiger partial charge in [0.25, 0.3) is 5.60 Å². The summed E-state index contributed by atoms with van der Waals surface area (Å²) in [5.41, 5.74) is 1.51. The van der Waals surface area contributed by atoms with Gasteiger partial charge in [0.05, 0.1) is 6.04 Å². The number of aliphatic carboxylic acids is 2. The van der Waals surface area contributed by atoms with Crippen LogP contribution in [0.1, 0.15) is 33.6 Å². The van der Waals surface area contributed by atoms with Crippen LogP contribution in [0.25, 0.3) is 0 Å². The zero-order valence-corrected chi connectivity index (χ0v) is 12.0. The van der Waals surface area contributed by atoms with Crippen molar-refractivity contribution in [2.75, 3.05) is 0 Å². The predicted octanol–water partition coefficient (Wildman–Crippen LogP) is -1.04. The van der Waals surface area contributed by atoms with E-state index in [2.05, 4.69) is 0 Å². The Hall–Kier alpha value is -1.07. The van der Waals surface area contributed by atoms with Gasteiger partial charge < -0.3 is 25.8 Å². The van der Waals surface area contributed by atoms with Gasteiger partial charge in [-0.05, 0) is 27.2 Å². The first kappa shape index (κ1) is 21.2. The van der Waals surface area contributed by atoms with Crippen LogP contribution >= 0.6 is 0 Å². The van der Waals surface area contributed by atoms with Crippen LogP contribution in [0, 0.1) is 0 Å². The van der Waals surface area contributed by atoms with Gasteiger partial charge in [-0.1, -0.05) is 0 Å². The minimum atomic E-state index is -3.12. The van der Waals surface area contributed by atoms with Crippen LogP contribution in [-0.4, -0.2) is 69.3 Å². The number of carbonyl (C=O) groups is 3. The standard InChI is InChI=1S/C11H19NO7.Li/c1-10(2,3)19-7(13)5-4-6(12)11(18,8(14)15)9(16)17;/h6,18H,4-5,12H2,1-3H3,(H,14,15)(H,16,17);. The van der Waals surface area contributed by atoms with Crippen molar-refractivity contribution in [2.45, 2.75) is 50.9 Å². The first-order chi connectivity index (χ1) is 8.41. The first-order valence-electron chi connectivity index (χ1n) is 5.58. The normalized spacial score (nSPS) is 13.1. The molecule has 0 aromatic heterocycles. The molecule has 0 aromatic rings. The van der Waals surface area contributed by atoms with E-state index in [0.29, 0.717) is 0 Å². The topological polar surface area (TPSA) is 147 Å². The van der Waals surface area contributed by atoms with Crippen LogP contribution in [0.2, 0.25) is 0 Å². The Bertz CT molecular complexity index is 363. The van der Waals surface area contributed by atoms with E-state index in [0.717, 1.165) is 0 Å². The molecule has 0 aliphatic heterocycles. The Labute approximate surface area is 128 Å². The Kier molecular flexibility index (Phi) is 8.11. The summed E-state index contributed by atoms with van der Waals surface area (Å²) in [6, 6.07) is -1.63. The summed E-state index contributed by atoms with van der Waals surface area (Å²) in [5, 5.41) is 26.9. The summed E-state index contributed by atoms with van der Waals surface area (Å²) in [6.45, 7) is 4.95. The van der Waals surface area contributed by atoms with Crippen molar-refractivity contribution in [2.24, 2.45) is 5.73 Å². The van der Waals surface area contributed by atoms with Crippen LogP contribution in [0.15, 0.2) is 0 Å². The number of hydrogen-bond donors (Lipinski definition) is 4. The summed E-state index contributed by atoms with van der Waals surface area (Å²) in [6.07, 6.45) is -0.620. The molecule has 111 valence electrons. The van der Waals surface area contributed by atoms with E-state index in [-0.39, 0.29) is 31.7 Å². The van der Waals surface area contributed by atoms with Crippen molar-refractivity contribution in [3.8, 4) is 0 Å². The van der Waals surface area contributed by atoms with E-state index in [4.69, 9.17) is 20.7 Å². The van der Waals surface area contributed by atoms with Crippen molar-refractivity contribution in [3.63, 3.8) is 0 Å². The van der Waals surface area contributed by atoms with E-state index in [1.165, 1.54) is 0 Å². The molecule has 0 bridgehead atoms. The number of ether oxygens (including phenoxy) is 1. The van der Waals surface area contributed by atoms with Gasteiger partial charge in [0.1, 0.15) is 5.60 Å².